The van der Waals surface area contributed by atoms with Crippen LogP contribution < -0.4 is 20.8 Å². The van der Waals surface area contributed by atoms with E-state index in [1.54, 1.807) is 30.3 Å². The molecule has 2 rings (SSSR count). The summed E-state index contributed by atoms with van der Waals surface area (Å²) >= 11 is 3.41. The maximum absolute atomic E-state index is 12.1. The minimum Gasteiger partial charge on any atom is -0.484 e. The van der Waals surface area contributed by atoms with E-state index in [1.807, 2.05) is 19.1 Å². The quantitative estimate of drug-likeness (QED) is 0.237. The number of amides is 3. The van der Waals surface area contributed by atoms with Gasteiger partial charge in [0.15, 0.2) is 6.61 Å². The van der Waals surface area contributed by atoms with Gasteiger partial charge in [-0.15, -0.1) is 6.58 Å². The molecule has 0 aromatic heterocycles. The third kappa shape index (κ3) is 7.51. The second-order valence-corrected chi connectivity index (χ2v) is 6.93. The van der Waals surface area contributed by atoms with Crippen molar-refractivity contribution in [3.05, 3.63) is 70.7 Å². The lowest BCUT2D eigenvalue weighted by Gasteiger charge is -2.09. The maximum atomic E-state index is 12.1. The highest BCUT2D eigenvalue weighted by molar-refractivity contribution is 9.10. The average Bonchev–Trinajstić information content (AvgIpc) is 2.73. The number of anilines is 1. The summed E-state index contributed by atoms with van der Waals surface area (Å²) in [6.45, 7) is 5.38. The number of nitrogens with one attached hydrogen (secondary N) is 3. The van der Waals surface area contributed by atoms with Gasteiger partial charge in [0.1, 0.15) is 5.75 Å². The molecule has 8 nitrogen and oxygen atoms in total. The predicted molar refractivity (Wildman–Crippen MR) is 118 cm³/mol. The van der Waals surface area contributed by atoms with Crippen molar-refractivity contribution in [3.8, 4) is 5.75 Å². The molecule has 0 aliphatic rings. The van der Waals surface area contributed by atoms with Crippen molar-refractivity contribution < 1.29 is 19.1 Å². The summed E-state index contributed by atoms with van der Waals surface area (Å²) in [4.78, 5) is 35.0. The molecular weight excluding hydrogens is 452 g/mol. The minimum absolute atomic E-state index is 0.171. The number of hydrazone groups is 1. The van der Waals surface area contributed by atoms with Crippen LogP contribution >= 0.6 is 15.9 Å². The lowest BCUT2D eigenvalue weighted by atomic mass is 10.2. The highest BCUT2D eigenvalue weighted by Crippen LogP contribution is 2.20. The van der Waals surface area contributed by atoms with E-state index in [1.165, 1.54) is 12.3 Å². The van der Waals surface area contributed by atoms with Gasteiger partial charge < -0.3 is 15.4 Å². The van der Waals surface area contributed by atoms with Crippen LogP contribution in [-0.2, 0) is 14.4 Å². The first-order chi connectivity index (χ1) is 14.4. The SMILES string of the molecule is C=CCNC(=O)C(=O)N/N=C\c1cccc(OCC(=O)Nc2ccc(Br)c(C)c2)c1. The fourth-order valence-corrected chi connectivity index (χ4v) is 2.46. The number of carbonyl (C=O) groups excluding carboxylic acids is 3. The first-order valence-corrected chi connectivity index (χ1v) is 9.69. The van der Waals surface area contributed by atoms with Crippen molar-refractivity contribution in [2.24, 2.45) is 5.10 Å². The van der Waals surface area contributed by atoms with Crippen molar-refractivity contribution in [2.75, 3.05) is 18.5 Å². The molecule has 0 saturated carbocycles. The fraction of sp³-hybridized carbons (Fsp3) is 0.143. The smallest absolute Gasteiger partial charge is 0.329 e. The Morgan fingerprint density at radius 1 is 1.17 bits per heavy atom. The van der Waals surface area contributed by atoms with Crippen LogP contribution in [0, 0.1) is 6.92 Å². The van der Waals surface area contributed by atoms with Crippen molar-refractivity contribution >= 4 is 45.6 Å². The molecule has 2 aromatic rings. The molecule has 9 heteroatoms. The largest absolute Gasteiger partial charge is 0.484 e. The maximum Gasteiger partial charge on any atom is 0.329 e. The monoisotopic (exact) mass is 472 g/mol. The van der Waals surface area contributed by atoms with Gasteiger partial charge in [0.25, 0.3) is 5.91 Å². The lowest BCUT2D eigenvalue weighted by molar-refractivity contribution is -0.139. The van der Waals surface area contributed by atoms with Crippen LogP contribution in [0.1, 0.15) is 11.1 Å². The Morgan fingerprint density at radius 2 is 1.97 bits per heavy atom. The van der Waals surface area contributed by atoms with Gasteiger partial charge in [0.2, 0.25) is 0 Å². The Morgan fingerprint density at radius 3 is 2.70 bits per heavy atom. The van der Waals surface area contributed by atoms with Crippen molar-refractivity contribution in [2.45, 2.75) is 6.92 Å². The first-order valence-electron chi connectivity index (χ1n) is 8.90. The summed E-state index contributed by atoms with van der Waals surface area (Å²) in [6, 6.07) is 12.3. The lowest BCUT2D eigenvalue weighted by Crippen LogP contribution is -2.37. The Bertz CT molecular complexity index is 975. The first kappa shape index (κ1) is 22.8. The van der Waals surface area contributed by atoms with E-state index in [0.29, 0.717) is 17.0 Å². The number of ether oxygens (including phenoxy) is 1. The number of nitrogens with zero attached hydrogens (tertiary/aromatic N) is 1. The summed E-state index contributed by atoms with van der Waals surface area (Å²) in [6.07, 6.45) is 2.82. The Hall–Kier alpha value is -3.46. The number of benzene rings is 2. The van der Waals surface area contributed by atoms with Gasteiger partial charge in [-0.3, -0.25) is 14.4 Å². The molecule has 0 aliphatic heterocycles. The number of hydrogen-bond acceptors (Lipinski definition) is 5. The molecule has 0 fully saturated rings. The zero-order valence-corrected chi connectivity index (χ0v) is 17.9. The minimum atomic E-state index is -0.889. The molecule has 3 N–H and O–H groups in total. The van der Waals surface area contributed by atoms with E-state index in [2.05, 4.69) is 43.7 Å². The fourth-order valence-electron chi connectivity index (χ4n) is 2.21. The van der Waals surface area contributed by atoms with Crippen LogP contribution in [0.5, 0.6) is 5.75 Å². The van der Waals surface area contributed by atoms with E-state index in [4.69, 9.17) is 4.74 Å². The number of rotatable bonds is 8. The van der Waals surface area contributed by atoms with Gasteiger partial charge in [-0.05, 0) is 48.4 Å². The summed E-state index contributed by atoms with van der Waals surface area (Å²) < 4.78 is 6.46. The van der Waals surface area contributed by atoms with Gasteiger partial charge in [-0.2, -0.15) is 5.10 Å². The number of halogens is 1. The molecule has 2 aromatic carbocycles. The van der Waals surface area contributed by atoms with Crippen molar-refractivity contribution in [1.29, 1.82) is 0 Å². The standard InChI is InChI=1S/C21H21BrN4O4/c1-3-9-23-20(28)21(29)26-24-12-15-5-4-6-17(11-15)30-13-19(27)25-16-7-8-18(22)14(2)10-16/h3-8,10-12H,1,9,13H2,2H3,(H,23,28)(H,25,27)(H,26,29)/b24-12-. The van der Waals surface area contributed by atoms with Crippen LogP contribution in [0.3, 0.4) is 0 Å². The molecule has 30 heavy (non-hydrogen) atoms. The molecule has 0 spiro atoms. The molecule has 0 heterocycles. The van der Waals surface area contributed by atoms with Gasteiger partial charge in [-0.25, -0.2) is 5.43 Å². The van der Waals surface area contributed by atoms with Crippen LogP contribution in [0.25, 0.3) is 0 Å². The predicted octanol–water partition coefficient (Wildman–Crippen LogP) is 2.53. The molecule has 156 valence electrons. The number of carbonyl (C=O) groups is 3. The number of aryl methyl sites for hydroxylation is 1. The highest BCUT2D eigenvalue weighted by Gasteiger charge is 2.10. The molecule has 0 radical (unpaired) electrons. The van der Waals surface area contributed by atoms with Crippen LogP contribution in [0.4, 0.5) is 5.69 Å². The zero-order valence-electron chi connectivity index (χ0n) is 16.3. The molecule has 0 bridgehead atoms. The topological polar surface area (TPSA) is 109 Å². The molecular formula is C21H21BrN4O4. The highest BCUT2D eigenvalue weighted by atomic mass is 79.9. The summed E-state index contributed by atoms with van der Waals surface area (Å²) in [7, 11) is 0. The molecule has 0 atom stereocenters. The summed E-state index contributed by atoms with van der Waals surface area (Å²) in [5.41, 5.74) is 4.42. The second kappa shape index (κ2) is 11.5. The summed E-state index contributed by atoms with van der Waals surface area (Å²) in [5, 5.41) is 8.83. The number of hydrogen-bond donors (Lipinski definition) is 3. The Balaban J connectivity index is 1.85. The molecule has 0 unspecified atom stereocenters. The van der Waals surface area contributed by atoms with Gasteiger partial charge in [0.05, 0.1) is 6.21 Å². The van der Waals surface area contributed by atoms with E-state index in [-0.39, 0.29) is 19.1 Å². The van der Waals surface area contributed by atoms with Gasteiger partial charge in [-0.1, -0.05) is 34.1 Å². The van der Waals surface area contributed by atoms with Crippen LogP contribution in [-0.4, -0.2) is 37.1 Å². The summed E-state index contributed by atoms with van der Waals surface area (Å²) in [5.74, 6) is -1.54. The third-order valence-electron chi connectivity index (χ3n) is 3.66. The van der Waals surface area contributed by atoms with Gasteiger partial charge in [0, 0.05) is 16.7 Å². The van der Waals surface area contributed by atoms with E-state index in [0.717, 1.165) is 10.0 Å². The molecule has 0 aliphatic carbocycles. The third-order valence-corrected chi connectivity index (χ3v) is 4.55. The normalized spacial score (nSPS) is 10.3. The average molecular weight is 473 g/mol. The molecule has 0 saturated heterocycles. The van der Waals surface area contributed by atoms with Crippen molar-refractivity contribution in [1.82, 2.24) is 10.7 Å². The Labute approximate surface area is 182 Å². The van der Waals surface area contributed by atoms with Crippen molar-refractivity contribution in [3.63, 3.8) is 0 Å². The Kier molecular flexibility index (Phi) is 8.76. The van der Waals surface area contributed by atoms with Crippen LogP contribution in [0.15, 0.2) is 64.7 Å². The second-order valence-electron chi connectivity index (χ2n) is 6.07. The van der Waals surface area contributed by atoms with E-state index in [9.17, 15) is 14.4 Å². The van der Waals surface area contributed by atoms with E-state index < -0.39 is 11.8 Å². The van der Waals surface area contributed by atoms with Crippen LogP contribution in [0.2, 0.25) is 0 Å². The zero-order chi connectivity index (χ0) is 21.9. The molecule has 3 amide bonds. The van der Waals surface area contributed by atoms with Gasteiger partial charge >= 0.3 is 11.8 Å². The van der Waals surface area contributed by atoms with E-state index >= 15 is 0 Å².